The van der Waals surface area contributed by atoms with Crippen molar-refractivity contribution in [3.63, 3.8) is 0 Å². The number of carbonyl (C=O) groups is 1. The Balaban J connectivity index is 1.59. The molecule has 0 atom stereocenters. The average molecular weight is 289 g/mol. The smallest absolute Gasteiger partial charge is 0.286 e. The van der Waals surface area contributed by atoms with Crippen LogP contribution in [0.25, 0.3) is 11.4 Å². The molecule has 1 aromatic carbocycles. The molecule has 1 aromatic heterocycles. The SMILES string of the molecule is O=C(CSc1nc(-c2ccccc2)no1)N1CCCC1. The normalized spacial score (nSPS) is 14.7. The summed E-state index contributed by atoms with van der Waals surface area (Å²) in [7, 11) is 0. The summed E-state index contributed by atoms with van der Waals surface area (Å²) < 4.78 is 5.16. The Kier molecular flexibility index (Phi) is 4.01. The van der Waals surface area contributed by atoms with Gasteiger partial charge in [-0.15, -0.1) is 0 Å². The maximum Gasteiger partial charge on any atom is 0.286 e. The van der Waals surface area contributed by atoms with Crippen LogP contribution in [0.2, 0.25) is 0 Å². The Labute approximate surface area is 121 Å². The monoisotopic (exact) mass is 289 g/mol. The average Bonchev–Trinajstić information content (AvgIpc) is 3.17. The first-order chi connectivity index (χ1) is 9.83. The molecule has 3 rings (SSSR count). The van der Waals surface area contributed by atoms with Gasteiger partial charge in [0.1, 0.15) is 0 Å². The molecule has 1 amide bonds. The summed E-state index contributed by atoms with van der Waals surface area (Å²) in [6.07, 6.45) is 2.21. The molecule has 6 heteroatoms. The Hall–Kier alpha value is -1.82. The lowest BCUT2D eigenvalue weighted by atomic mass is 10.2. The predicted molar refractivity (Wildman–Crippen MR) is 76.3 cm³/mol. The van der Waals surface area contributed by atoms with Crippen molar-refractivity contribution in [2.45, 2.75) is 18.1 Å². The van der Waals surface area contributed by atoms with Crippen LogP contribution in [0, 0.1) is 0 Å². The number of hydrogen-bond acceptors (Lipinski definition) is 5. The molecule has 0 saturated carbocycles. The van der Waals surface area contributed by atoms with Crippen molar-refractivity contribution in [2.75, 3.05) is 18.8 Å². The molecule has 2 aromatic rings. The first-order valence-corrected chi connectivity index (χ1v) is 7.61. The number of likely N-dealkylation sites (tertiary alicyclic amines) is 1. The number of amides is 1. The Morgan fingerprint density at radius 1 is 1.25 bits per heavy atom. The number of thioether (sulfide) groups is 1. The van der Waals surface area contributed by atoms with E-state index in [0.717, 1.165) is 31.5 Å². The number of carbonyl (C=O) groups excluding carboxylic acids is 1. The standard InChI is InChI=1S/C14H15N3O2S/c18-12(17-8-4-5-9-17)10-20-14-15-13(16-19-14)11-6-2-1-3-7-11/h1-3,6-7H,4-5,8-10H2. The highest BCUT2D eigenvalue weighted by Crippen LogP contribution is 2.21. The second-order valence-corrected chi connectivity index (χ2v) is 5.55. The quantitative estimate of drug-likeness (QED) is 0.809. The fraction of sp³-hybridized carbons (Fsp3) is 0.357. The summed E-state index contributed by atoms with van der Waals surface area (Å²) in [5, 5.41) is 4.37. The highest BCUT2D eigenvalue weighted by Gasteiger charge is 2.19. The zero-order valence-corrected chi connectivity index (χ0v) is 11.8. The van der Waals surface area contributed by atoms with Crippen LogP contribution in [0.3, 0.4) is 0 Å². The van der Waals surface area contributed by atoms with Crippen molar-refractivity contribution in [1.29, 1.82) is 0 Å². The molecule has 1 fully saturated rings. The van der Waals surface area contributed by atoms with E-state index in [1.807, 2.05) is 35.2 Å². The van der Waals surface area contributed by atoms with Crippen molar-refractivity contribution >= 4 is 17.7 Å². The van der Waals surface area contributed by atoms with E-state index in [-0.39, 0.29) is 5.91 Å². The van der Waals surface area contributed by atoms with Crippen LogP contribution in [0.5, 0.6) is 0 Å². The summed E-state index contributed by atoms with van der Waals surface area (Å²) in [5.74, 6) is 1.06. The lowest BCUT2D eigenvalue weighted by molar-refractivity contribution is -0.127. The molecule has 0 bridgehead atoms. The molecule has 104 valence electrons. The van der Waals surface area contributed by atoms with E-state index >= 15 is 0 Å². The fourth-order valence-electron chi connectivity index (χ4n) is 2.15. The first kappa shape index (κ1) is 13.2. The molecule has 0 N–H and O–H groups in total. The number of hydrogen-bond donors (Lipinski definition) is 0. The molecule has 20 heavy (non-hydrogen) atoms. The fourth-order valence-corrected chi connectivity index (χ4v) is 2.82. The van der Waals surface area contributed by atoms with Gasteiger partial charge in [-0.2, -0.15) is 4.98 Å². The number of rotatable bonds is 4. The molecule has 0 unspecified atom stereocenters. The zero-order chi connectivity index (χ0) is 13.8. The van der Waals surface area contributed by atoms with E-state index in [2.05, 4.69) is 10.1 Å². The summed E-state index contributed by atoms with van der Waals surface area (Å²) in [6, 6.07) is 9.64. The molecule has 0 radical (unpaired) electrons. The van der Waals surface area contributed by atoms with Crippen molar-refractivity contribution in [3.05, 3.63) is 30.3 Å². The van der Waals surface area contributed by atoms with Gasteiger partial charge in [0.15, 0.2) is 0 Å². The van der Waals surface area contributed by atoms with Gasteiger partial charge in [-0.1, -0.05) is 47.3 Å². The highest BCUT2D eigenvalue weighted by atomic mass is 32.2. The molecule has 0 spiro atoms. The van der Waals surface area contributed by atoms with Gasteiger partial charge in [0, 0.05) is 18.7 Å². The van der Waals surface area contributed by atoms with E-state index in [1.54, 1.807) is 0 Å². The van der Waals surface area contributed by atoms with Gasteiger partial charge >= 0.3 is 0 Å². The third kappa shape index (κ3) is 3.01. The predicted octanol–water partition coefficient (Wildman–Crippen LogP) is 2.45. The van der Waals surface area contributed by atoms with Crippen molar-refractivity contribution in [2.24, 2.45) is 0 Å². The van der Waals surface area contributed by atoms with Crippen molar-refractivity contribution in [1.82, 2.24) is 15.0 Å². The minimum absolute atomic E-state index is 0.145. The summed E-state index contributed by atoms with van der Waals surface area (Å²) >= 11 is 1.30. The van der Waals surface area contributed by atoms with E-state index in [4.69, 9.17) is 4.52 Å². The third-order valence-corrected chi connectivity index (χ3v) is 4.02. The number of nitrogens with zero attached hydrogens (tertiary/aromatic N) is 3. The second kappa shape index (κ2) is 6.09. The molecule has 0 aliphatic carbocycles. The Morgan fingerprint density at radius 2 is 2.00 bits per heavy atom. The van der Waals surface area contributed by atoms with Gasteiger partial charge in [0.05, 0.1) is 5.75 Å². The van der Waals surface area contributed by atoms with Crippen molar-refractivity contribution in [3.8, 4) is 11.4 Å². The molecule has 5 nitrogen and oxygen atoms in total. The van der Waals surface area contributed by atoms with E-state index in [9.17, 15) is 4.79 Å². The molecular formula is C14H15N3O2S. The van der Waals surface area contributed by atoms with Crippen molar-refractivity contribution < 1.29 is 9.32 Å². The van der Waals surface area contributed by atoms with E-state index in [0.29, 0.717) is 16.8 Å². The Bertz CT molecular complexity index is 579. The lowest BCUT2D eigenvalue weighted by Gasteiger charge is -2.13. The van der Waals surface area contributed by atoms with Crippen LogP contribution < -0.4 is 0 Å². The Morgan fingerprint density at radius 3 is 2.75 bits per heavy atom. The molecule has 1 saturated heterocycles. The van der Waals surface area contributed by atoms with Crippen LogP contribution in [0.1, 0.15) is 12.8 Å². The summed E-state index contributed by atoms with van der Waals surface area (Å²) in [6.45, 7) is 1.75. The maximum atomic E-state index is 11.9. The van der Waals surface area contributed by atoms with Gasteiger partial charge < -0.3 is 9.42 Å². The molecule has 1 aliphatic rings. The van der Waals surface area contributed by atoms with E-state index < -0.39 is 0 Å². The largest absolute Gasteiger partial charge is 0.342 e. The minimum atomic E-state index is 0.145. The molecule has 1 aliphatic heterocycles. The lowest BCUT2D eigenvalue weighted by Crippen LogP contribution is -2.29. The van der Waals surface area contributed by atoms with Gasteiger partial charge in [0.2, 0.25) is 11.7 Å². The molecular weight excluding hydrogens is 274 g/mol. The van der Waals surface area contributed by atoms with Gasteiger partial charge in [-0.05, 0) is 12.8 Å². The minimum Gasteiger partial charge on any atom is -0.342 e. The summed E-state index contributed by atoms with van der Waals surface area (Å²) in [5.41, 5.74) is 0.911. The van der Waals surface area contributed by atoms with Crippen LogP contribution in [-0.4, -0.2) is 39.8 Å². The van der Waals surface area contributed by atoms with Crippen LogP contribution in [0.4, 0.5) is 0 Å². The van der Waals surface area contributed by atoms with Crippen LogP contribution >= 0.6 is 11.8 Å². The van der Waals surface area contributed by atoms with Crippen LogP contribution in [0.15, 0.2) is 40.1 Å². The van der Waals surface area contributed by atoms with Gasteiger partial charge in [-0.25, -0.2) is 0 Å². The zero-order valence-electron chi connectivity index (χ0n) is 11.0. The number of aromatic nitrogens is 2. The highest BCUT2D eigenvalue weighted by molar-refractivity contribution is 7.99. The topological polar surface area (TPSA) is 59.2 Å². The molecule has 2 heterocycles. The van der Waals surface area contributed by atoms with E-state index in [1.165, 1.54) is 11.8 Å². The number of benzene rings is 1. The summed E-state index contributed by atoms with van der Waals surface area (Å²) in [4.78, 5) is 18.1. The van der Waals surface area contributed by atoms with Gasteiger partial charge in [-0.3, -0.25) is 4.79 Å². The second-order valence-electron chi connectivity index (χ2n) is 4.63. The van der Waals surface area contributed by atoms with Crippen LogP contribution in [-0.2, 0) is 4.79 Å². The first-order valence-electron chi connectivity index (χ1n) is 6.62. The van der Waals surface area contributed by atoms with Gasteiger partial charge in [0.25, 0.3) is 5.22 Å². The third-order valence-electron chi connectivity index (χ3n) is 3.22. The maximum absolute atomic E-state index is 11.9.